The molecule has 0 N–H and O–H groups in total. The van der Waals surface area contributed by atoms with Crippen molar-refractivity contribution in [3.63, 3.8) is 0 Å². The molecule has 1 aromatic carbocycles. The quantitative estimate of drug-likeness (QED) is 0.603. The summed E-state index contributed by atoms with van der Waals surface area (Å²) in [5, 5.41) is 4.33. The van der Waals surface area contributed by atoms with E-state index in [-0.39, 0.29) is 14.7 Å². The van der Waals surface area contributed by atoms with Crippen LogP contribution in [0.3, 0.4) is 0 Å². The van der Waals surface area contributed by atoms with Crippen LogP contribution in [0, 0.1) is 0 Å². The topological polar surface area (TPSA) is 53.5 Å². The fourth-order valence-corrected chi connectivity index (χ4v) is 3.94. The normalized spacial score (nSPS) is 14.3. The maximum atomic E-state index is 6.19. The molecular weight excluding hydrogens is 359 g/mol. The number of aromatic nitrogens is 2. The Labute approximate surface area is 142 Å². The molecule has 0 radical (unpaired) electrons. The predicted octanol–water partition coefficient (Wildman–Crippen LogP) is 3.18. The van der Waals surface area contributed by atoms with E-state index in [2.05, 4.69) is 23.0 Å². The first-order valence-corrected chi connectivity index (χ1v) is 9.05. The van der Waals surface area contributed by atoms with Gasteiger partial charge in [-0.1, -0.05) is 0 Å². The number of rotatable bonds is 4. The van der Waals surface area contributed by atoms with Gasteiger partial charge in [0.15, 0.2) is 0 Å². The Balaban J connectivity index is 2.03. The van der Waals surface area contributed by atoms with E-state index in [1.165, 1.54) is 5.57 Å². The zero-order chi connectivity index (χ0) is 16.6. The second-order valence-corrected chi connectivity index (χ2v) is 7.74. The number of nitrogens with zero attached hydrogens (tertiary/aromatic N) is 2. The first kappa shape index (κ1) is 16.1. The summed E-state index contributed by atoms with van der Waals surface area (Å²) in [7, 11) is 1.64. The van der Waals surface area contributed by atoms with Gasteiger partial charge in [-0.2, -0.15) is 0 Å². The molecule has 0 bridgehead atoms. The number of methoxy groups -OCH3 is 1. The molecule has 2 aromatic rings. The van der Waals surface area contributed by atoms with Gasteiger partial charge in [0.05, 0.1) is 0 Å². The van der Waals surface area contributed by atoms with E-state index >= 15 is 0 Å². The fraction of sp³-hybridized carbons (Fsp3) is 0.412. The van der Waals surface area contributed by atoms with Crippen LogP contribution in [0.1, 0.15) is 32.1 Å². The van der Waals surface area contributed by atoms with E-state index in [0.29, 0.717) is 18.1 Å². The minimum atomic E-state index is -0.391. The molecule has 1 aromatic heterocycles. The molecule has 1 aliphatic rings. The van der Waals surface area contributed by atoms with Crippen LogP contribution < -0.4 is 14.2 Å². The molecule has 3 rings (SSSR count). The molecule has 0 spiro atoms. The molecule has 6 heteroatoms. The summed E-state index contributed by atoms with van der Waals surface area (Å²) in [5.74, 6) is 2.11. The van der Waals surface area contributed by atoms with Crippen LogP contribution >= 0.6 is 0 Å². The van der Waals surface area contributed by atoms with Gasteiger partial charge in [0.2, 0.25) is 0 Å². The summed E-state index contributed by atoms with van der Waals surface area (Å²) < 4.78 is 22.9. The van der Waals surface area contributed by atoms with Gasteiger partial charge in [0.1, 0.15) is 0 Å². The average molecular weight is 379 g/mol. The number of allylic oxidation sites excluding steroid dienone is 1. The average Bonchev–Trinajstić information content (AvgIpc) is 2.97. The maximum absolute atomic E-state index is 6.19. The van der Waals surface area contributed by atoms with Crippen molar-refractivity contribution in [2.45, 2.75) is 33.3 Å². The zero-order valence-corrected chi connectivity index (χ0v) is 15.7. The Morgan fingerprint density at radius 3 is 2.78 bits per heavy atom. The summed E-state index contributed by atoms with van der Waals surface area (Å²) in [6.45, 7) is 8.69. The Bertz CT molecular complexity index is 761. The summed E-state index contributed by atoms with van der Waals surface area (Å²) in [4.78, 5) is 0. The molecule has 0 atom stereocenters. The van der Waals surface area contributed by atoms with Crippen LogP contribution in [0.2, 0.25) is 0 Å². The standard InChI is InChI=1S/C17H20N2O3Se/c1-10(2)6-7-21-14-9-12-11(8-13(14)20-5)15-16(23-19-18-15)17(3,4)22-12/h6,8-9H,7H2,1-5H3. The second kappa shape index (κ2) is 6.02. The first-order chi connectivity index (χ1) is 10.9. The van der Waals surface area contributed by atoms with Gasteiger partial charge in [-0.05, 0) is 0 Å². The van der Waals surface area contributed by atoms with Gasteiger partial charge in [0, 0.05) is 0 Å². The third-order valence-electron chi connectivity index (χ3n) is 3.65. The van der Waals surface area contributed by atoms with Crippen LogP contribution in [0.15, 0.2) is 23.8 Å². The Morgan fingerprint density at radius 2 is 2.09 bits per heavy atom. The van der Waals surface area contributed by atoms with Crippen molar-refractivity contribution in [3.05, 3.63) is 28.2 Å². The summed E-state index contributed by atoms with van der Waals surface area (Å²) in [5.41, 5.74) is 2.67. The molecule has 0 fully saturated rings. The number of ether oxygens (including phenoxy) is 3. The van der Waals surface area contributed by atoms with Crippen molar-refractivity contribution >= 4 is 14.7 Å². The van der Waals surface area contributed by atoms with Crippen molar-refractivity contribution in [3.8, 4) is 28.5 Å². The molecule has 122 valence electrons. The van der Waals surface area contributed by atoms with E-state index in [9.17, 15) is 0 Å². The molecule has 0 saturated carbocycles. The van der Waals surface area contributed by atoms with Crippen LogP contribution in [0.4, 0.5) is 0 Å². The minimum absolute atomic E-state index is 0.00236. The van der Waals surface area contributed by atoms with Crippen molar-refractivity contribution < 1.29 is 14.2 Å². The number of hydrogen-bond donors (Lipinski definition) is 0. The summed E-state index contributed by atoms with van der Waals surface area (Å²) in [6, 6.07) is 3.82. The Hall–Kier alpha value is -1.78. The third-order valence-corrected chi connectivity index (χ3v) is 5.81. The summed E-state index contributed by atoms with van der Waals surface area (Å²) in [6.07, 6.45) is 2.03. The summed E-state index contributed by atoms with van der Waals surface area (Å²) >= 11 is 0.00236. The molecule has 2 heterocycles. The predicted molar refractivity (Wildman–Crippen MR) is 89.5 cm³/mol. The van der Waals surface area contributed by atoms with Crippen molar-refractivity contribution in [1.82, 2.24) is 9.19 Å². The number of hydrogen-bond acceptors (Lipinski definition) is 5. The zero-order valence-electron chi connectivity index (χ0n) is 14.0. The Kier molecular flexibility index (Phi) is 4.21. The Morgan fingerprint density at radius 1 is 1.30 bits per heavy atom. The molecule has 0 amide bonds. The van der Waals surface area contributed by atoms with Gasteiger partial charge in [-0.3, -0.25) is 0 Å². The van der Waals surface area contributed by atoms with Crippen LogP contribution in [0.5, 0.6) is 17.2 Å². The van der Waals surface area contributed by atoms with Crippen molar-refractivity contribution in [2.75, 3.05) is 13.7 Å². The molecule has 0 aliphatic carbocycles. The molecule has 23 heavy (non-hydrogen) atoms. The monoisotopic (exact) mass is 380 g/mol. The van der Waals surface area contributed by atoms with E-state index in [4.69, 9.17) is 14.2 Å². The molecule has 1 aliphatic heterocycles. The van der Waals surface area contributed by atoms with Gasteiger partial charge in [-0.15, -0.1) is 0 Å². The van der Waals surface area contributed by atoms with Crippen LogP contribution in [-0.2, 0) is 5.60 Å². The fourth-order valence-electron chi connectivity index (χ4n) is 2.46. The van der Waals surface area contributed by atoms with E-state index in [1.807, 2.05) is 32.1 Å². The van der Waals surface area contributed by atoms with Crippen LogP contribution in [0.25, 0.3) is 11.3 Å². The SMILES string of the molecule is COc1cc2c(cc1OCC=C(C)C)OC(C)(C)c1[se]nnc1-2. The van der Waals surface area contributed by atoms with Crippen molar-refractivity contribution in [2.24, 2.45) is 0 Å². The van der Waals surface area contributed by atoms with Crippen molar-refractivity contribution in [1.29, 1.82) is 0 Å². The molecule has 0 saturated heterocycles. The van der Waals surface area contributed by atoms with Gasteiger partial charge in [0.25, 0.3) is 0 Å². The molecular formula is C17H20N2O3Se. The number of fused-ring (bicyclic) bond motifs is 3. The van der Waals surface area contributed by atoms with E-state index in [1.54, 1.807) is 7.11 Å². The van der Waals surface area contributed by atoms with Gasteiger partial charge in [-0.25, -0.2) is 0 Å². The van der Waals surface area contributed by atoms with Gasteiger partial charge < -0.3 is 0 Å². The first-order valence-electron chi connectivity index (χ1n) is 7.43. The van der Waals surface area contributed by atoms with E-state index in [0.717, 1.165) is 21.4 Å². The molecule has 0 unspecified atom stereocenters. The van der Waals surface area contributed by atoms with E-state index < -0.39 is 5.60 Å². The van der Waals surface area contributed by atoms with Gasteiger partial charge >= 0.3 is 142 Å². The molecule has 5 nitrogen and oxygen atoms in total. The van der Waals surface area contributed by atoms with Crippen LogP contribution in [-0.4, -0.2) is 37.6 Å². The number of benzene rings is 1. The second-order valence-electron chi connectivity index (χ2n) is 6.15. The third kappa shape index (κ3) is 3.01.